The Morgan fingerprint density at radius 1 is 1.44 bits per heavy atom. The number of hydrogen-bond donors (Lipinski definition) is 1. The maximum Gasteiger partial charge on any atom is 0.139 e. The molecule has 0 radical (unpaired) electrons. The van der Waals surface area contributed by atoms with Gasteiger partial charge in [-0.15, -0.1) is 0 Å². The van der Waals surface area contributed by atoms with Crippen LogP contribution in [0.25, 0.3) is 11.0 Å². The molecule has 0 bridgehead atoms. The van der Waals surface area contributed by atoms with Crippen molar-refractivity contribution in [1.82, 2.24) is 9.55 Å². The molecule has 2 aromatic rings. The third-order valence-electron chi connectivity index (χ3n) is 2.19. The highest BCUT2D eigenvalue weighted by molar-refractivity contribution is 5.86. The molecular formula is C12H14N6. The van der Waals surface area contributed by atoms with Gasteiger partial charge >= 0.3 is 0 Å². The molecule has 0 aromatic carbocycles. The summed E-state index contributed by atoms with van der Waals surface area (Å²) in [6.45, 7) is 10.0. The van der Waals surface area contributed by atoms with Gasteiger partial charge in [-0.1, -0.05) is 0 Å². The minimum Gasteiger partial charge on any atom is -0.333 e. The molecule has 0 aliphatic heterocycles. The summed E-state index contributed by atoms with van der Waals surface area (Å²) in [7, 11) is 0. The summed E-state index contributed by atoms with van der Waals surface area (Å²) in [5.74, 6) is 5.07. The Labute approximate surface area is 106 Å². The van der Waals surface area contributed by atoms with E-state index in [2.05, 4.69) is 34.7 Å². The Hall–Kier alpha value is -2.86. The van der Waals surface area contributed by atoms with Crippen molar-refractivity contribution in [2.45, 2.75) is 13.5 Å². The standard InChI is InChI=1S/C10H12N4.2CHN/c1-2-14-4-3-9-5-8(7-13-11)6-12-10(9)14;2*1-2/h3-7H,2,11H2,1H3;2*1H. The molecule has 92 valence electrons. The predicted octanol–water partition coefficient (Wildman–Crippen LogP) is 1.63. The summed E-state index contributed by atoms with van der Waals surface area (Å²) in [6.07, 6.45) is 5.39. The first-order valence-electron chi connectivity index (χ1n) is 5.05. The van der Waals surface area contributed by atoms with Gasteiger partial charge in [0.1, 0.15) is 5.65 Å². The Morgan fingerprint density at radius 3 is 2.67 bits per heavy atom. The van der Waals surface area contributed by atoms with Crippen LogP contribution >= 0.6 is 0 Å². The monoisotopic (exact) mass is 242 g/mol. The number of nitriles is 2. The molecule has 2 N–H and O–H groups in total. The maximum absolute atomic E-state index is 6.50. The lowest BCUT2D eigenvalue weighted by Crippen LogP contribution is -1.94. The van der Waals surface area contributed by atoms with Gasteiger partial charge in [0, 0.05) is 43.0 Å². The van der Waals surface area contributed by atoms with Crippen molar-refractivity contribution in [3.05, 3.63) is 30.1 Å². The zero-order chi connectivity index (χ0) is 14.0. The fraction of sp³-hybridized carbons (Fsp3) is 0.167. The molecular weight excluding hydrogens is 228 g/mol. The van der Waals surface area contributed by atoms with E-state index in [1.165, 1.54) is 0 Å². The van der Waals surface area contributed by atoms with E-state index in [-0.39, 0.29) is 0 Å². The number of rotatable bonds is 2. The smallest absolute Gasteiger partial charge is 0.139 e. The fourth-order valence-corrected chi connectivity index (χ4v) is 1.51. The van der Waals surface area contributed by atoms with Crippen molar-refractivity contribution in [3.8, 4) is 13.1 Å². The summed E-state index contributed by atoms with van der Waals surface area (Å²) < 4.78 is 2.10. The number of pyridine rings is 1. The third kappa shape index (κ3) is 3.32. The van der Waals surface area contributed by atoms with Crippen LogP contribution < -0.4 is 5.84 Å². The van der Waals surface area contributed by atoms with E-state index in [0.29, 0.717) is 0 Å². The topological polar surface area (TPSA) is 104 Å². The van der Waals surface area contributed by atoms with Gasteiger partial charge in [-0.2, -0.15) is 5.10 Å². The van der Waals surface area contributed by atoms with Gasteiger partial charge in [0.15, 0.2) is 0 Å². The van der Waals surface area contributed by atoms with Gasteiger partial charge in [-0.3, -0.25) is 0 Å². The summed E-state index contributed by atoms with van der Waals surface area (Å²) in [6, 6.07) is 4.06. The number of aryl methyl sites for hydroxylation is 1. The predicted molar refractivity (Wildman–Crippen MR) is 70.5 cm³/mol. The number of hydrogen-bond acceptors (Lipinski definition) is 5. The van der Waals surface area contributed by atoms with Crippen LogP contribution in [-0.4, -0.2) is 15.8 Å². The van der Waals surface area contributed by atoms with Crippen molar-refractivity contribution < 1.29 is 0 Å². The lowest BCUT2D eigenvalue weighted by Gasteiger charge is -1.99. The number of nitrogens with zero attached hydrogens (tertiary/aromatic N) is 5. The van der Waals surface area contributed by atoms with Gasteiger partial charge in [0.2, 0.25) is 0 Å². The van der Waals surface area contributed by atoms with Crippen LogP contribution in [0.3, 0.4) is 0 Å². The first-order chi connectivity index (χ1) is 8.85. The average molecular weight is 242 g/mol. The molecule has 0 amide bonds. The van der Waals surface area contributed by atoms with Crippen LogP contribution in [0.15, 0.2) is 29.6 Å². The minimum atomic E-state index is 0.925. The minimum absolute atomic E-state index is 0.925. The summed E-state index contributed by atoms with van der Waals surface area (Å²) >= 11 is 0. The molecule has 0 aliphatic carbocycles. The summed E-state index contributed by atoms with van der Waals surface area (Å²) in [4.78, 5) is 4.35. The second kappa shape index (κ2) is 8.31. The molecule has 0 unspecified atom stereocenters. The van der Waals surface area contributed by atoms with E-state index in [0.717, 1.165) is 23.1 Å². The van der Waals surface area contributed by atoms with Crippen LogP contribution in [0.2, 0.25) is 0 Å². The highest BCUT2D eigenvalue weighted by atomic mass is 15.1. The first-order valence-corrected chi connectivity index (χ1v) is 5.05. The van der Waals surface area contributed by atoms with E-state index in [4.69, 9.17) is 16.4 Å². The quantitative estimate of drug-likeness (QED) is 0.491. The van der Waals surface area contributed by atoms with E-state index >= 15 is 0 Å². The lowest BCUT2D eigenvalue weighted by molar-refractivity contribution is 0.787. The van der Waals surface area contributed by atoms with E-state index in [1.54, 1.807) is 12.4 Å². The maximum atomic E-state index is 6.50. The largest absolute Gasteiger partial charge is 0.333 e. The van der Waals surface area contributed by atoms with Gasteiger partial charge in [-0.25, -0.2) is 15.5 Å². The van der Waals surface area contributed by atoms with Gasteiger partial charge in [0.05, 0.1) is 6.21 Å². The van der Waals surface area contributed by atoms with Crippen LogP contribution in [0.4, 0.5) is 0 Å². The molecule has 0 aliphatic rings. The van der Waals surface area contributed by atoms with Crippen LogP contribution in [0.1, 0.15) is 12.5 Å². The molecule has 0 atom stereocenters. The summed E-state index contributed by atoms with van der Waals surface area (Å²) in [5, 5.41) is 17.6. The van der Waals surface area contributed by atoms with Crippen molar-refractivity contribution in [3.63, 3.8) is 0 Å². The Bertz CT molecular complexity index is 543. The van der Waals surface area contributed by atoms with Crippen molar-refractivity contribution in [2.75, 3.05) is 0 Å². The molecule has 6 nitrogen and oxygen atoms in total. The van der Waals surface area contributed by atoms with Gasteiger partial charge in [-0.05, 0) is 19.1 Å². The van der Waals surface area contributed by atoms with Crippen LogP contribution in [-0.2, 0) is 6.54 Å². The molecule has 0 fully saturated rings. The summed E-state index contributed by atoms with van der Waals surface area (Å²) in [5.41, 5.74) is 1.93. The normalized spacial score (nSPS) is 9.17. The third-order valence-corrected chi connectivity index (χ3v) is 2.19. The van der Waals surface area contributed by atoms with E-state index < -0.39 is 0 Å². The van der Waals surface area contributed by atoms with Gasteiger partial charge < -0.3 is 10.4 Å². The van der Waals surface area contributed by atoms with E-state index in [9.17, 15) is 0 Å². The molecule has 0 saturated carbocycles. The molecule has 0 saturated heterocycles. The molecule has 2 heterocycles. The second-order valence-electron chi connectivity index (χ2n) is 3.06. The molecule has 2 rings (SSSR count). The fourth-order valence-electron chi connectivity index (χ4n) is 1.51. The molecule has 0 spiro atoms. The number of nitrogens with two attached hydrogens (primary N) is 1. The Morgan fingerprint density at radius 2 is 2.11 bits per heavy atom. The average Bonchev–Trinajstić information content (AvgIpc) is 2.86. The highest BCUT2D eigenvalue weighted by Crippen LogP contribution is 2.13. The molecule has 6 heteroatoms. The Kier molecular flexibility index (Phi) is 6.99. The highest BCUT2D eigenvalue weighted by Gasteiger charge is 2.00. The number of fused-ring (bicyclic) bond motifs is 1. The van der Waals surface area contributed by atoms with Crippen molar-refractivity contribution >= 4 is 17.2 Å². The molecule has 18 heavy (non-hydrogen) atoms. The van der Waals surface area contributed by atoms with E-state index in [1.807, 2.05) is 18.3 Å². The SMILES string of the molecule is C#N.C#N.CCn1ccc2cc(C=NN)cnc21. The van der Waals surface area contributed by atoms with Crippen LogP contribution in [0.5, 0.6) is 0 Å². The van der Waals surface area contributed by atoms with Crippen LogP contribution in [0, 0.1) is 23.7 Å². The zero-order valence-electron chi connectivity index (χ0n) is 10.1. The Balaban J connectivity index is 0.000000659. The van der Waals surface area contributed by atoms with Crippen molar-refractivity contribution in [1.29, 1.82) is 10.5 Å². The molecule has 2 aromatic heterocycles. The number of aromatic nitrogens is 2. The number of hydrazone groups is 1. The lowest BCUT2D eigenvalue weighted by atomic mass is 10.2. The second-order valence-corrected chi connectivity index (χ2v) is 3.06. The van der Waals surface area contributed by atoms with Crippen molar-refractivity contribution in [2.24, 2.45) is 10.9 Å². The zero-order valence-corrected chi connectivity index (χ0v) is 10.1. The first kappa shape index (κ1) is 15.1. The van der Waals surface area contributed by atoms with Gasteiger partial charge in [0.25, 0.3) is 0 Å².